The lowest BCUT2D eigenvalue weighted by Gasteiger charge is -2.29. The van der Waals surface area contributed by atoms with Gasteiger partial charge in [-0.25, -0.2) is 4.98 Å². The summed E-state index contributed by atoms with van der Waals surface area (Å²) in [6, 6.07) is 0. The van der Waals surface area contributed by atoms with Crippen molar-refractivity contribution < 1.29 is 0 Å². The normalized spacial score (nSPS) is 20.9. The molecular weight excluding hydrogens is 168 g/mol. The third-order valence-electron chi connectivity index (χ3n) is 3.00. The van der Waals surface area contributed by atoms with Crippen molar-refractivity contribution in [3.05, 3.63) is 16.6 Å². The first-order valence-electron chi connectivity index (χ1n) is 4.25. The standard InChI is InChI=1S/C9H14N2S/c1-8(2,9(10)3-4-9)7-11-5-6-12-7/h5-6H,3-4,10H2,1-2H3. The summed E-state index contributed by atoms with van der Waals surface area (Å²) < 4.78 is 0. The van der Waals surface area contributed by atoms with Gasteiger partial charge in [0.2, 0.25) is 0 Å². The fraction of sp³-hybridized carbons (Fsp3) is 0.667. The second kappa shape index (κ2) is 2.30. The van der Waals surface area contributed by atoms with Gasteiger partial charge in [0.05, 0.1) is 5.01 Å². The van der Waals surface area contributed by atoms with Crippen molar-refractivity contribution in [1.29, 1.82) is 0 Å². The minimum Gasteiger partial charge on any atom is -0.324 e. The second-order valence-corrected chi connectivity index (χ2v) is 5.01. The molecule has 1 aliphatic carbocycles. The van der Waals surface area contributed by atoms with E-state index in [1.165, 1.54) is 5.01 Å². The van der Waals surface area contributed by atoms with Crippen LogP contribution in [0.4, 0.5) is 0 Å². The van der Waals surface area contributed by atoms with E-state index in [1.807, 2.05) is 11.6 Å². The van der Waals surface area contributed by atoms with Crippen LogP contribution in [-0.2, 0) is 5.41 Å². The molecule has 1 aromatic heterocycles. The number of rotatable bonds is 2. The number of thiazole rings is 1. The molecule has 0 atom stereocenters. The Morgan fingerprint density at radius 2 is 2.25 bits per heavy atom. The summed E-state index contributed by atoms with van der Waals surface area (Å²) in [6.45, 7) is 4.39. The lowest BCUT2D eigenvalue weighted by Crippen LogP contribution is -2.43. The molecule has 2 nitrogen and oxygen atoms in total. The molecular formula is C9H14N2S. The molecule has 3 heteroatoms. The van der Waals surface area contributed by atoms with Crippen molar-refractivity contribution in [1.82, 2.24) is 4.98 Å². The smallest absolute Gasteiger partial charge is 0.0999 e. The Hall–Kier alpha value is -0.410. The Balaban J connectivity index is 2.33. The van der Waals surface area contributed by atoms with E-state index >= 15 is 0 Å². The number of hydrogen-bond acceptors (Lipinski definition) is 3. The molecule has 0 unspecified atom stereocenters. The third kappa shape index (κ3) is 1.00. The van der Waals surface area contributed by atoms with Crippen molar-refractivity contribution in [2.24, 2.45) is 5.73 Å². The van der Waals surface area contributed by atoms with Gasteiger partial charge in [-0.2, -0.15) is 0 Å². The van der Waals surface area contributed by atoms with E-state index in [1.54, 1.807) is 11.3 Å². The van der Waals surface area contributed by atoms with Gasteiger partial charge in [0.15, 0.2) is 0 Å². The molecule has 0 radical (unpaired) electrons. The molecule has 1 fully saturated rings. The maximum absolute atomic E-state index is 6.18. The molecule has 0 amide bonds. The van der Waals surface area contributed by atoms with Gasteiger partial charge in [0, 0.05) is 22.5 Å². The molecule has 1 saturated carbocycles. The van der Waals surface area contributed by atoms with E-state index in [4.69, 9.17) is 5.73 Å². The summed E-state index contributed by atoms with van der Waals surface area (Å²) in [4.78, 5) is 4.33. The molecule has 2 N–H and O–H groups in total. The molecule has 0 saturated heterocycles. The summed E-state index contributed by atoms with van der Waals surface area (Å²) >= 11 is 1.71. The largest absolute Gasteiger partial charge is 0.324 e. The predicted octanol–water partition coefficient (Wildman–Crippen LogP) is 1.91. The van der Waals surface area contributed by atoms with Crippen LogP contribution in [0.1, 0.15) is 31.7 Å². The third-order valence-corrected chi connectivity index (χ3v) is 4.10. The maximum Gasteiger partial charge on any atom is 0.0999 e. The van der Waals surface area contributed by atoms with Crippen molar-refractivity contribution in [3.63, 3.8) is 0 Å². The lowest BCUT2D eigenvalue weighted by atomic mass is 9.83. The topological polar surface area (TPSA) is 38.9 Å². The first-order valence-corrected chi connectivity index (χ1v) is 5.13. The van der Waals surface area contributed by atoms with E-state index in [0.717, 1.165) is 12.8 Å². The van der Waals surface area contributed by atoms with Crippen LogP contribution >= 0.6 is 11.3 Å². The summed E-state index contributed by atoms with van der Waals surface area (Å²) in [5.74, 6) is 0. The minimum atomic E-state index is 0.0187. The Kier molecular flexibility index (Phi) is 1.57. The monoisotopic (exact) mass is 182 g/mol. The van der Waals surface area contributed by atoms with Gasteiger partial charge in [0.1, 0.15) is 0 Å². The number of nitrogens with zero attached hydrogens (tertiary/aromatic N) is 1. The van der Waals surface area contributed by atoms with Crippen molar-refractivity contribution >= 4 is 11.3 Å². The predicted molar refractivity (Wildman–Crippen MR) is 51.3 cm³/mol. The average molecular weight is 182 g/mol. The maximum atomic E-state index is 6.18. The van der Waals surface area contributed by atoms with Gasteiger partial charge in [-0.15, -0.1) is 11.3 Å². The van der Waals surface area contributed by atoms with Gasteiger partial charge in [0.25, 0.3) is 0 Å². The molecule has 1 aliphatic rings. The van der Waals surface area contributed by atoms with E-state index in [-0.39, 0.29) is 11.0 Å². The summed E-state index contributed by atoms with van der Waals surface area (Å²) in [7, 11) is 0. The molecule has 2 rings (SSSR count). The van der Waals surface area contributed by atoms with E-state index < -0.39 is 0 Å². The van der Waals surface area contributed by atoms with Crippen molar-refractivity contribution in [2.75, 3.05) is 0 Å². The van der Waals surface area contributed by atoms with Crippen LogP contribution in [0, 0.1) is 0 Å². The number of hydrogen-bond donors (Lipinski definition) is 1. The molecule has 1 heterocycles. The average Bonchev–Trinajstić information content (AvgIpc) is 2.59. The lowest BCUT2D eigenvalue weighted by molar-refractivity contribution is 0.389. The van der Waals surface area contributed by atoms with Crippen LogP contribution in [0.15, 0.2) is 11.6 Å². The zero-order valence-corrected chi connectivity index (χ0v) is 8.32. The summed E-state index contributed by atoms with van der Waals surface area (Å²) in [5.41, 5.74) is 6.26. The minimum absolute atomic E-state index is 0.0187. The highest BCUT2D eigenvalue weighted by molar-refractivity contribution is 7.09. The van der Waals surface area contributed by atoms with Gasteiger partial charge in [-0.1, -0.05) is 13.8 Å². The number of nitrogens with two attached hydrogens (primary N) is 1. The summed E-state index contributed by atoms with van der Waals surface area (Å²) in [5, 5.41) is 3.19. The summed E-state index contributed by atoms with van der Waals surface area (Å²) in [6.07, 6.45) is 4.13. The Labute approximate surface area is 76.8 Å². The van der Waals surface area contributed by atoms with Crippen LogP contribution in [0.25, 0.3) is 0 Å². The zero-order valence-electron chi connectivity index (χ0n) is 7.50. The fourth-order valence-corrected chi connectivity index (χ4v) is 2.37. The highest BCUT2D eigenvalue weighted by atomic mass is 32.1. The molecule has 1 aromatic rings. The molecule has 0 aromatic carbocycles. The van der Waals surface area contributed by atoms with Crippen LogP contribution in [0.5, 0.6) is 0 Å². The van der Waals surface area contributed by atoms with Gasteiger partial charge < -0.3 is 5.73 Å². The highest BCUT2D eigenvalue weighted by Gasteiger charge is 2.53. The zero-order chi connectivity index (χ0) is 8.82. The fourth-order valence-electron chi connectivity index (χ4n) is 1.50. The molecule has 0 aliphatic heterocycles. The quantitative estimate of drug-likeness (QED) is 0.759. The first-order chi connectivity index (χ1) is 5.56. The van der Waals surface area contributed by atoms with Gasteiger partial charge in [-0.05, 0) is 12.8 Å². The van der Waals surface area contributed by atoms with Crippen LogP contribution in [0.3, 0.4) is 0 Å². The van der Waals surface area contributed by atoms with Crippen molar-refractivity contribution in [3.8, 4) is 0 Å². The van der Waals surface area contributed by atoms with E-state index in [0.29, 0.717) is 0 Å². The van der Waals surface area contributed by atoms with Gasteiger partial charge >= 0.3 is 0 Å². The van der Waals surface area contributed by atoms with E-state index in [9.17, 15) is 0 Å². The first kappa shape index (κ1) is 8.20. The SMILES string of the molecule is CC(C)(c1nccs1)C1(N)CC1. The molecule has 0 spiro atoms. The highest BCUT2D eigenvalue weighted by Crippen LogP contribution is 2.49. The molecule has 66 valence electrons. The Morgan fingerprint density at radius 3 is 2.67 bits per heavy atom. The van der Waals surface area contributed by atoms with E-state index in [2.05, 4.69) is 18.8 Å². The van der Waals surface area contributed by atoms with Crippen LogP contribution < -0.4 is 5.73 Å². The second-order valence-electron chi connectivity index (χ2n) is 4.12. The Morgan fingerprint density at radius 1 is 1.58 bits per heavy atom. The molecule has 0 bridgehead atoms. The van der Waals surface area contributed by atoms with Gasteiger partial charge in [-0.3, -0.25) is 0 Å². The Bertz CT molecular complexity index is 273. The van der Waals surface area contributed by atoms with Crippen molar-refractivity contribution in [2.45, 2.75) is 37.6 Å². The number of aromatic nitrogens is 1. The van der Waals surface area contributed by atoms with Crippen LogP contribution in [0.2, 0.25) is 0 Å². The molecule has 12 heavy (non-hydrogen) atoms. The van der Waals surface area contributed by atoms with Crippen LogP contribution in [-0.4, -0.2) is 10.5 Å².